The molecule has 1 saturated heterocycles. The fourth-order valence-electron chi connectivity index (χ4n) is 4.48. The Kier molecular flexibility index (Phi) is 4.77. The van der Waals surface area contributed by atoms with Crippen LogP contribution >= 0.6 is 0 Å². The van der Waals surface area contributed by atoms with Crippen LogP contribution in [0, 0.1) is 13.8 Å². The molecule has 5 rings (SSSR count). The van der Waals surface area contributed by atoms with E-state index in [0.717, 1.165) is 41.5 Å². The highest BCUT2D eigenvalue weighted by Crippen LogP contribution is 2.35. The summed E-state index contributed by atoms with van der Waals surface area (Å²) in [5.74, 6) is 0.797. The number of pyridine rings is 1. The van der Waals surface area contributed by atoms with Gasteiger partial charge in [-0.15, -0.1) is 10.2 Å². The molecule has 0 spiro atoms. The van der Waals surface area contributed by atoms with E-state index in [4.69, 9.17) is 4.42 Å². The van der Waals surface area contributed by atoms with Gasteiger partial charge in [0, 0.05) is 30.4 Å². The topological polar surface area (TPSA) is 89.9 Å². The van der Waals surface area contributed by atoms with Gasteiger partial charge in [0.05, 0.1) is 11.3 Å². The predicted molar refractivity (Wildman–Crippen MR) is 115 cm³/mol. The number of benzene rings is 1. The Morgan fingerprint density at radius 1 is 1.19 bits per heavy atom. The molecule has 1 atom stereocenters. The highest BCUT2D eigenvalue weighted by Gasteiger charge is 2.36. The highest BCUT2D eigenvalue weighted by atomic mass is 16.4. The molecule has 1 aliphatic heterocycles. The fourth-order valence-corrected chi connectivity index (χ4v) is 4.48. The highest BCUT2D eigenvalue weighted by molar-refractivity contribution is 5.97. The molecule has 0 saturated carbocycles. The second-order valence-electron chi connectivity index (χ2n) is 7.84. The summed E-state index contributed by atoms with van der Waals surface area (Å²) in [5, 5.41) is 15.1. The SMILES string of the molecule is CCn1nc(C)c(C(=O)N2CCC[C@H]2c2nnc(-c3nccc4ccccc34)o2)c1C. The van der Waals surface area contributed by atoms with Crippen molar-refractivity contribution in [1.29, 1.82) is 0 Å². The minimum Gasteiger partial charge on any atom is -0.417 e. The summed E-state index contributed by atoms with van der Waals surface area (Å²) < 4.78 is 7.93. The van der Waals surface area contributed by atoms with Gasteiger partial charge in [-0.3, -0.25) is 14.5 Å². The molecule has 8 heteroatoms. The first kappa shape index (κ1) is 19.4. The van der Waals surface area contributed by atoms with E-state index in [0.29, 0.717) is 29.6 Å². The van der Waals surface area contributed by atoms with Crippen LogP contribution in [0.4, 0.5) is 0 Å². The predicted octanol–water partition coefficient (Wildman–Crippen LogP) is 4.10. The van der Waals surface area contributed by atoms with Gasteiger partial charge >= 0.3 is 0 Å². The lowest BCUT2D eigenvalue weighted by atomic mass is 10.1. The van der Waals surface area contributed by atoms with Crippen molar-refractivity contribution >= 4 is 16.7 Å². The van der Waals surface area contributed by atoms with E-state index in [1.54, 1.807) is 6.20 Å². The van der Waals surface area contributed by atoms with Crippen molar-refractivity contribution in [3.05, 3.63) is 59.4 Å². The third-order valence-electron chi connectivity index (χ3n) is 6.01. The van der Waals surface area contributed by atoms with Crippen LogP contribution in [0.25, 0.3) is 22.4 Å². The molecule has 4 aromatic rings. The van der Waals surface area contributed by atoms with Crippen molar-refractivity contribution < 1.29 is 9.21 Å². The van der Waals surface area contributed by atoms with Crippen LogP contribution in [0.3, 0.4) is 0 Å². The molecule has 1 aliphatic rings. The average molecular weight is 416 g/mol. The maximum absolute atomic E-state index is 13.4. The summed E-state index contributed by atoms with van der Waals surface area (Å²) in [4.78, 5) is 19.7. The standard InChI is InChI=1S/C23H24N6O2/c1-4-29-15(3)19(14(2)27-29)23(30)28-13-7-10-18(28)21-25-26-22(31-21)20-17-9-6-5-8-16(17)11-12-24-20/h5-6,8-9,11-12,18H,4,7,10,13H2,1-3H3/t18-/m0/s1. The van der Waals surface area contributed by atoms with Gasteiger partial charge in [-0.2, -0.15) is 5.10 Å². The maximum Gasteiger partial charge on any atom is 0.267 e. The lowest BCUT2D eigenvalue weighted by Crippen LogP contribution is -2.31. The molecular weight excluding hydrogens is 392 g/mol. The Bertz CT molecular complexity index is 1270. The van der Waals surface area contributed by atoms with Gasteiger partial charge in [-0.25, -0.2) is 0 Å². The largest absolute Gasteiger partial charge is 0.417 e. The number of likely N-dealkylation sites (tertiary alicyclic amines) is 1. The maximum atomic E-state index is 13.4. The van der Waals surface area contributed by atoms with Gasteiger partial charge < -0.3 is 9.32 Å². The molecule has 0 unspecified atom stereocenters. The number of hydrogen-bond donors (Lipinski definition) is 0. The number of nitrogens with zero attached hydrogens (tertiary/aromatic N) is 6. The van der Waals surface area contributed by atoms with Gasteiger partial charge in [0.15, 0.2) is 0 Å². The molecule has 1 fully saturated rings. The zero-order valence-electron chi connectivity index (χ0n) is 17.9. The zero-order valence-corrected chi connectivity index (χ0v) is 17.9. The molecule has 31 heavy (non-hydrogen) atoms. The monoisotopic (exact) mass is 416 g/mol. The van der Waals surface area contributed by atoms with Crippen LogP contribution < -0.4 is 0 Å². The number of fused-ring (bicyclic) bond motifs is 1. The molecule has 1 amide bonds. The van der Waals surface area contributed by atoms with Gasteiger partial charge in [-0.05, 0) is 45.1 Å². The Balaban J connectivity index is 1.48. The van der Waals surface area contributed by atoms with Crippen LogP contribution in [0.5, 0.6) is 0 Å². The molecule has 4 heterocycles. The van der Waals surface area contributed by atoms with Crippen molar-refractivity contribution in [2.75, 3.05) is 6.54 Å². The third-order valence-corrected chi connectivity index (χ3v) is 6.01. The molecule has 0 bridgehead atoms. The lowest BCUT2D eigenvalue weighted by molar-refractivity contribution is 0.0714. The second-order valence-corrected chi connectivity index (χ2v) is 7.84. The van der Waals surface area contributed by atoms with Crippen LogP contribution in [0.1, 0.15) is 53.4 Å². The Morgan fingerprint density at radius 3 is 2.84 bits per heavy atom. The van der Waals surface area contributed by atoms with E-state index in [2.05, 4.69) is 20.3 Å². The van der Waals surface area contributed by atoms with Crippen LogP contribution in [0.2, 0.25) is 0 Å². The number of aromatic nitrogens is 5. The van der Waals surface area contributed by atoms with Crippen molar-refractivity contribution in [3.8, 4) is 11.6 Å². The normalized spacial score (nSPS) is 16.4. The number of aryl methyl sites for hydroxylation is 2. The number of carbonyl (C=O) groups is 1. The average Bonchev–Trinajstić information content (AvgIpc) is 3.51. The third kappa shape index (κ3) is 3.19. The summed E-state index contributed by atoms with van der Waals surface area (Å²) in [6.07, 6.45) is 3.42. The first-order valence-electron chi connectivity index (χ1n) is 10.6. The van der Waals surface area contributed by atoms with Gasteiger partial charge in [0.1, 0.15) is 11.7 Å². The van der Waals surface area contributed by atoms with E-state index >= 15 is 0 Å². The minimum absolute atomic E-state index is 0.0276. The van der Waals surface area contributed by atoms with Crippen LogP contribution in [-0.2, 0) is 6.54 Å². The number of amides is 1. The number of carbonyl (C=O) groups excluding carboxylic acids is 1. The molecule has 8 nitrogen and oxygen atoms in total. The minimum atomic E-state index is -0.243. The molecule has 1 aromatic carbocycles. The number of rotatable bonds is 4. The molecule has 0 aliphatic carbocycles. The van der Waals surface area contributed by atoms with Crippen LogP contribution in [-0.4, -0.2) is 42.3 Å². The smallest absolute Gasteiger partial charge is 0.267 e. The van der Waals surface area contributed by atoms with E-state index in [1.807, 2.05) is 60.7 Å². The van der Waals surface area contributed by atoms with Crippen molar-refractivity contribution in [3.63, 3.8) is 0 Å². The summed E-state index contributed by atoms with van der Waals surface area (Å²) >= 11 is 0. The Hall–Kier alpha value is -3.55. The van der Waals surface area contributed by atoms with E-state index in [9.17, 15) is 4.79 Å². The number of hydrogen-bond acceptors (Lipinski definition) is 6. The van der Waals surface area contributed by atoms with Crippen LogP contribution in [0.15, 0.2) is 40.9 Å². The van der Waals surface area contributed by atoms with Crippen molar-refractivity contribution in [2.45, 2.75) is 46.2 Å². The molecule has 3 aromatic heterocycles. The zero-order chi connectivity index (χ0) is 21.5. The lowest BCUT2D eigenvalue weighted by Gasteiger charge is -2.22. The molecule has 0 N–H and O–H groups in total. The molecule has 158 valence electrons. The van der Waals surface area contributed by atoms with Gasteiger partial charge in [-0.1, -0.05) is 24.3 Å². The van der Waals surface area contributed by atoms with Gasteiger partial charge in [0.2, 0.25) is 5.89 Å². The van der Waals surface area contributed by atoms with Crippen molar-refractivity contribution in [2.24, 2.45) is 0 Å². The summed E-state index contributed by atoms with van der Waals surface area (Å²) in [5.41, 5.74) is 2.97. The summed E-state index contributed by atoms with van der Waals surface area (Å²) in [6.45, 7) is 7.24. The summed E-state index contributed by atoms with van der Waals surface area (Å²) in [7, 11) is 0. The first-order chi connectivity index (χ1) is 15.1. The Morgan fingerprint density at radius 2 is 2.03 bits per heavy atom. The van der Waals surface area contributed by atoms with Crippen molar-refractivity contribution in [1.82, 2.24) is 29.9 Å². The van der Waals surface area contributed by atoms with Gasteiger partial charge in [0.25, 0.3) is 11.8 Å². The molecule has 0 radical (unpaired) electrons. The van der Waals surface area contributed by atoms with E-state index < -0.39 is 0 Å². The quantitative estimate of drug-likeness (QED) is 0.498. The molecular formula is C23H24N6O2. The summed E-state index contributed by atoms with van der Waals surface area (Å²) in [6, 6.07) is 9.67. The fraction of sp³-hybridized carbons (Fsp3) is 0.348. The second kappa shape index (κ2) is 7.61. The van der Waals surface area contributed by atoms with E-state index in [-0.39, 0.29) is 11.9 Å². The van der Waals surface area contributed by atoms with E-state index in [1.165, 1.54) is 0 Å². The first-order valence-corrected chi connectivity index (χ1v) is 10.6. The Labute approximate surface area is 179 Å².